The number of sulfonamides is 1. The second-order valence-corrected chi connectivity index (χ2v) is 8.60. The Labute approximate surface area is 165 Å². The van der Waals surface area contributed by atoms with Crippen molar-refractivity contribution < 1.29 is 22.7 Å². The van der Waals surface area contributed by atoms with Crippen molar-refractivity contribution in [1.29, 1.82) is 0 Å². The maximum absolute atomic E-state index is 13.0. The zero-order valence-corrected chi connectivity index (χ0v) is 17.0. The van der Waals surface area contributed by atoms with Crippen LogP contribution in [0.3, 0.4) is 0 Å². The number of ether oxygens (including phenoxy) is 1. The summed E-state index contributed by atoms with van der Waals surface area (Å²) in [5, 5.41) is 5.11. The molecule has 1 atom stereocenters. The van der Waals surface area contributed by atoms with Crippen LogP contribution in [0.2, 0.25) is 0 Å². The molecule has 0 bridgehead atoms. The zero-order valence-electron chi connectivity index (χ0n) is 16.2. The standard InChI is InChI=1S/C18H28N4O5S/c1-3-4-5-15(21-18(19)24)17(23)20-14-7-6-13(2)16(12-14)28(25,26)22-8-10-27-11-9-22/h6-7,12,15H,3-5,8-11H2,1-2H3,(H,20,23)(H3,19,21,24). The summed E-state index contributed by atoms with van der Waals surface area (Å²) in [6.07, 6.45) is 2.04. The first-order valence-electron chi connectivity index (χ1n) is 9.31. The molecule has 3 amide bonds. The van der Waals surface area contributed by atoms with Gasteiger partial charge in [-0.25, -0.2) is 13.2 Å². The fourth-order valence-corrected chi connectivity index (χ4v) is 4.62. The van der Waals surface area contributed by atoms with E-state index in [0.717, 1.165) is 12.8 Å². The molecule has 1 aliphatic rings. The molecule has 0 saturated carbocycles. The summed E-state index contributed by atoms with van der Waals surface area (Å²) in [5.41, 5.74) is 6.08. The summed E-state index contributed by atoms with van der Waals surface area (Å²) in [4.78, 5) is 23.9. The van der Waals surface area contributed by atoms with Gasteiger partial charge in [-0.15, -0.1) is 0 Å². The van der Waals surface area contributed by atoms with Gasteiger partial charge in [-0.05, 0) is 31.0 Å². The number of unbranched alkanes of at least 4 members (excludes halogenated alkanes) is 1. The Kier molecular flexibility index (Phi) is 7.78. The number of anilines is 1. The molecule has 1 heterocycles. The predicted octanol–water partition coefficient (Wildman–Crippen LogP) is 1.18. The molecule has 156 valence electrons. The summed E-state index contributed by atoms with van der Waals surface area (Å²) < 4.78 is 32.5. The van der Waals surface area contributed by atoms with Gasteiger partial charge in [0, 0.05) is 18.8 Å². The highest BCUT2D eigenvalue weighted by atomic mass is 32.2. The number of carbonyl (C=O) groups excluding carboxylic acids is 2. The smallest absolute Gasteiger partial charge is 0.312 e. The zero-order chi connectivity index (χ0) is 20.7. The van der Waals surface area contributed by atoms with Crippen molar-refractivity contribution in [2.75, 3.05) is 31.6 Å². The fourth-order valence-electron chi connectivity index (χ4n) is 2.96. The van der Waals surface area contributed by atoms with Gasteiger partial charge in [-0.3, -0.25) is 4.79 Å². The van der Waals surface area contributed by atoms with Crippen LogP contribution < -0.4 is 16.4 Å². The van der Waals surface area contributed by atoms with Crippen LogP contribution in [0.25, 0.3) is 0 Å². The predicted molar refractivity (Wildman–Crippen MR) is 105 cm³/mol. The van der Waals surface area contributed by atoms with Crippen LogP contribution in [0.5, 0.6) is 0 Å². The Morgan fingerprint density at radius 3 is 2.57 bits per heavy atom. The minimum Gasteiger partial charge on any atom is -0.379 e. The van der Waals surface area contributed by atoms with E-state index in [1.165, 1.54) is 10.4 Å². The minimum absolute atomic E-state index is 0.139. The molecule has 9 nitrogen and oxygen atoms in total. The van der Waals surface area contributed by atoms with E-state index in [9.17, 15) is 18.0 Å². The maximum atomic E-state index is 13.0. The van der Waals surface area contributed by atoms with Gasteiger partial charge in [0.2, 0.25) is 15.9 Å². The number of rotatable bonds is 8. The first-order chi connectivity index (χ1) is 13.3. The number of nitrogens with two attached hydrogens (primary N) is 1. The normalized spacial score (nSPS) is 16.4. The van der Waals surface area contributed by atoms with Crippen molar-refractivity contribution in [2.45, 2.75) is 44.0 Å². The number of morpholine rings is 1. The number of hydrogen-bond donors (Lipinski definition) is 3. The second-order valence-electron chi connectivity index (χ2n) is 6.69. The molecule has 2 rings (SSSR count). The van der Waals surface area contributed by atoms with Gasteiger partial charge in [0.15, 0.2) is 0 Å². The summed E-state index contributed by atoms with van der Waals surface area (Å²) >= 11 is 0. The Bertz CT molecular complexity index is 806. The third-order valence-corrected chi connectivity index (χ3v) is 6.56. The molecule has 0 spiro atoms. The van der Waals surface area contributed by atoms with E-state index in [-0.39, 0.29) is 4.90 Å². The number of carbonyl (C=O) groups is 2. The maximum Gasteiger partial charge on any atom is 0.312 e. The molecular weight excluding hydrogens is 384 g/mol. The number of nitrogens with zero attached hydrogens (tertiary/aromatic N) is 1. The number of aryl methyl sites for hydroxylation is 1. The van der Waals surface area contributed by atoms with E-state index in [1.54, 1.807) is 19.1 Å². The molecule has 10 heteroatoms. The average Bonchev–Trinajstić information content (AvgIpc) is 2.66. The molecule has 0 aromatic heterocycles. The third-order valence-electron chi connectivity index (χ3n) is 4.52. The third kappa shape index (κ3) is 5.66. The lowest BCUT2D eigenvalue weighted by molar-refractivity contribution is -0.118. The van der Waals surface area contributed by atoms with Crippen LogP contribution >= 0.6 is 0 Å². The highest BCUT2D eigenvalue weighted by molar-refractivity contribution is 7.89. The summed E-state index contributed by atoms with van der Waals surface area (Å²) in [5.74, 6) is -0.439. The van der Waals surface area contributed by atoms with Crippen molar-refractivity contribution in [3.63, 3.8) is 0 Å². The van der Waals surface area contributed by atoms with Crippen LogP contribution in [0, 0.1) is 6.92 Å². The van der Waals surface area contributed by atoms with Gasteiger partial charge in [0.05, 0.1) is 18.1 Å². The molecule has 1 aliphatic heterocycles. The Morgan fingerprint density at radius 1 is 1.29 bits per heavy atom. The molecule has 28 heavy (non-hydrogen) atoms. The topological polar surface area (TPSA) is 131 Å². The molecule has 0 aliphatic carbocycles. The molecule has 4 N–H and O–H groups in total. The minimum atomic E-state index is -3.69. The lowest BCUT2D eigenvalue weighted by atomic mass is 10.1. The number of amides is 3. The number of hydrogen-bond acceptors (Lipinski definition) is 5. The molecular formula is C18H28N4O5S. The molecule has 1 unspecified atom stereocenters. The van der Waals surface area contributed by atoms with Crippen LogP contribution in [0.15, 0.2) is 23.1 Å². The van der Waals surface area contributed by atoms with Gasteiger partial charge < -0.3 is 21.1 Å². The number of primary amides is 1. The van der Waals surface area contributed by atoms with E-state index < -0.39 is 28.0 Å². The van der Waals surface area contributed by atoms with E-state index in [1.807, 2.05) is 6.92 Å². The average molecular weight is 413 g/mol. The van der Waals surface area contributed by atoms with Crippen molar-refractivity contribution >= 4 is 27.6 Å². The first kappa shape index (κ1) is 22.1. The van der Waals surface area contributed by atoms with Gasteiger partial charge in [-0.2, -0.15) is 4.31 Å². The monoisotopic (exact) mass is 412 g/mol. The summed E-state index contributed by atoms with van der Waals surface area (Å²) in [6.45, 7) is 4.97. The number of benzene rings is 1. The SMILES string of the molecule is CCCCC(NC(N)=O)C(=O)Nc1ccc(C)c(S(=O)(=O)N2CCOCC2)c1. The van der Waals surface area contributed by atoms with Gasteiger partial charge in [0.1, 0.15) is 6.04 Å². The van der Waals surface area contributed by atoms with E-state index in [4.69, 9.17) is 10.5 Å². The van der Waals surface area contributed by atoms with Gasteiger partial charge in [-0.1, -0.05) is 25.8 Å². The van der Waals surface area contributed by atoms with E-state index in [0.29, 0.717) is 44.0 Å². The largest absolute Gasteiger partial charge is 0.379 e. The first-order valence-corrected chi connectivity index (χ1v) is 10.7. The van der Waals surface area contributed by atoms with Gasteiger partial charge >= 0.3 is 6.03 Å². The van der Waals surface area contributed by atoms with Crippen LogP contribution in [-0.4, -0.2) is 57.0 Å². The number of nitrogens with one attached hydrogen (secondary N) is 2. The highest BCUT2D eigenvalue weighted by Gasteiger charge is 2.28. The summed E-state index contributed by atoms with van der Waals surface area (Å²) in [6, 6.07) is 3.16. The Morgan fingerprint density at radius 2 is 1.96 bits per heavy atom. The Balaban J connectivity index is 2.21. The van der Waals surface area contributed by atoms with Crippen molar-refractivity contribution in [1.82, 2.24) is 9.62 Å². The van der Waals surface area contributed by atoms with Crippen LogP contribution in [0.4, 0.5) is 10.5 Å². The fraction of sp³-hybridized carbons (Fsp3) is 0.556. The van der Waals surface area contributed by atoms with E-state index >= 15 is 0 Å². The number of urea groups is 1. The summed E-state index contributed by atoms with van der Waals surface area (Å²) in [7, 11) is -3.69. The molecule has 1 saturated heterocycles. The second kappa shape index (κ2) is 9.85. The highest BCUT2D eigenvalue weighted by Crippen LogP contribution is 2.24. The lowest BCUT2D eigenvalue weighted by Gasteiger charge is -2.27. The molecule has 1 fully saturated rings. The molecule has 0 radical (unpaired) electrons. The van der Waals surface area contributed by atoms with Gasteiger partial charge in [0.25, 0.3) is 0 Å². The quantitative estimate of drug-likeness (QED) is 0.590. The van der Waals surface area contributed by atoms with Crippen molar-refractivity contribution in [3.05, 3.63) is 23.8 Å². The van der Waals surface area contributed by atoms with E-state index in [2.05, 4.69) is 10.6 Å². The van der Waals surface area contributed by atoms with Crippen LogP contribution in [0.1, 0.15) is 31.7 Å². The lowest BCUT2D eigenvalue weighted by Crippen LogP contribution is -2.46. The Hall–Kier alpha value is -2.17. The van der Waals surface area contributed by atoms with Crippen molar-refractivity contribution in [3.8, 4) is 0 Å². The molecule has 1 aromatic rings. The van der Waals surface area contributed by atoms with Crippen LogP contribution in [-0.2, 0) is 19.6 Å². The van der Waals surface area contributed by atoms with Crippen molar-refractivity contribution in [2.24, 2.45) is 5.73 Å². The molecule has 1 aromatic carbocycles.